The lowest BCUT2D eigenvalue weighted by atomic mass is 9.62. The summed E-state index contributed by atoms with van der Waals surface area (Å²) in [6.45, 7) is 14.8. The van der Waals surface area contributed by atoms with Gasteiger partial charge < -0.3 is 9.16 Å². The van der Waals surface area contributed by atoms with Gasteiger partial charge in [-0.3, -0.25) is 4.90 Å². The number of ether oxygens (including phenoxy) is 1. The Hall–Kier alpha value is -1.62. The van der Waals surface area contributed by atoms with Gasteiger partial charge >= 0.3 is 0 Å². The predicted molar refractivity (Wildman–Crippen MR) is 129 cm³/mol. The predicted octanol–water partition coefficient (Wildman–Crippen LogP) is 5.64. The van der Waals surface area contributed by atoms with Crippen molar-refractivity contribution in [1.82, 2.24) is 4.90 Å². The lowest BCUT2D eigenvalue weighted by Gasteiger charge is -2.52. The lowest BCUT2D eigenvalue weighted by molar-refractivity contribution is -0.0212. The van der Waals surface area contributed by atoms with E-state index in [9.17, 15) is 0 Å². The number of nitrogens with zero attached hydrogens (tertiary/aromatic N) is 1. The van der Waals surface area contributed by atoms with Crippen LogP contribution < -0.4 is 4.74 Å². The molecule has 1 saturated heterocycles. The van der Waals surface area contributed by atoms with E-state index in [0.29, 0.717) is 0 Å². The van der Waals surface area contributed by atoms with Gasteiger partial charge in [0.1, 0.15) is 5.75 Å². The fourth-order valence-electron chi connectivity index (χ4n) is 5.05. The number of likely N-dealkylation sites (tertiary alicyclic amines) is 1. The van der Waals surface area contributed by atoms with Crippen molar-refractivity contribution in [2.24, 2.45) is 5.41 Å². The highest BCUT2D eigenvalue weighted by atomic mass is 28.3. The Bertz CT molecular complexity index is 792. The average molecular weight is 426 g/mol. The molecule has 0 spiro atoms. The normalized spacial score (nSPS) is 18.4. The van der Waals surface area contributed by atoms with Crippen molar-refractivity contribution in [1.29, 1.82) is 0 Å². The summed E-state index contributed by atoms with van der Waals surface area (Å²) >= 11 is 0. The van der Waals surface area contributed by atoms with E-state index in [1.807, 2.05) is 6.07 Å². The molecule has 2 aromatic carbocycles. The summed E-state index contributed by atoms with van der Waals surface area (Å²) in [5.74, 6) is 0.936. The Morgan fingerprint density at radius 3 is 2.23 bits per heavy atom. The molecule has 0 amide bonds. The molecule has 3 rings (SSSR count). The molecule has 1 aliphatic heterocycles. The first-order valence-corrected chi connectivity index (χ1v) is 14.1. The first-order chi connectivity index (χ1) is 14.2. The second-order valence-corrected chi connectivity index (χ2v) is 12.5. The maximum atomic E-state index is 6.80. The zero-order valence-electron chi connectivity index (χ0n) is 19.7. The van der Waals surface area contributed by atoms with E-state index in [2.05, 4.69) is 87.3 Å². The quantitative estimate of drug-likeness (QED) is 0.536. The topological polar surface area (TPSA) is 21.7 Å². The standard InChI is InChI=1S/C26H39NO2Si/c1-25(2,3)24(29-30(5)6)26(22-12-8-7-9-13-22)15-17-27(18-16-26)20-21-11-10-14-23(19-21)28-4/h7-14,19,24,30H,15-18,20H2,1-6H3. The Morgan fingerprint density at radius 2 is 1.67 bits per heavy atom. The van der Waals surface area contributed by atoms with Crippen molar-refractivity contribution in [3.63, 3.8) is 0 Å². The number of benzene rings is 2. The second-order valence-electron chi connectivity index (χ2n) is 10.1. The van der Waals surface area contributed by atoms with Crippen LogP contribution in [0.2, 0.25) is 13.1 Å². The first kappa shape index (κ1) is 23.0. The van der Waals surface area contributed by atoms with Crippen LogP contribution in [0, 0.1) is 5.41 Å². The van der Waals surface area contributed by atoms with Crippen LogP contribution in [0.3, 0.4) is 0 Å². The van der Waals surface area contributed by atoms with Crippen LogP contribution in [0.5, 0.6) is 5.75 Å². The molecular formula is C26H39NO2Si. The number of methoxy groups -OCH3 is 1. The zero-order valence-corrected chi connectivity index (χ0v) is 20.8. The summed E-state index contributed by atoms with van der Waals surface area (Å²) in [7, 11) is 0.560. The van der Waals surface area contributed by atoms with Crippen molar-refractivity contribution >= 4 is 9.04 Å². The fourth-order valence-corrected chi connectivity index (χ4v) is 6.26. The molecule has 1 fully saturated rings. The highest BCUT2D eigenvalue weighted by Crippen LogP contribution is 2.46. The summed E-state index contributed by atoms with van der Waals surface area (Å²) < 4.78 is 12.2. The van der Waals surface area contributed by atoms with Gasteiger partial charge in [0.05, 0.1) is 13.2 Å². The third-order valence-electron chi connectivity index (χ3n) is 6.33. The number of piperidine rings is 1. The Balaban J connectivity index is 1.85. The summed E-state index contributed by atoms with van der Waals surface area (Å²) in [6, 6.07) is 19.6. The molecule has 0 N–H and O–H groups in total. The van der Waals surface area contributed by atoms with Crippen LogP contribution in [0.15, 0.2) is 54.6 Å². The Morgan fingerprint density at radius 1 is 1.00 bits per heavy atom. The minimum Gasteiger partial charge on any atom is -0.497 e. The maximum Gasteiger partial charge on any atom is 0.171 e. The number of hydrogen-bond donors (Lipinski definition) is 0. The lowest BCUT2D eigenvalue weighted by Crippen LogP contribution is -2.55. The fraction of sp³-hybridized carbons (Fsp3) is 0.538. The van der Waals surface area contributed by atoms with Crippen molar-refractivity contribution in [2.45, 2.75) is 64.8 Å². The van der Waals surface area contributed by atoms with Gasteiger partial charge in [-0.1, -0.05) is 63.2 Å². The first-order valence-electron chi connectivity index (χ1n) is 11.3. The molecule has 0 bridgehead atoms. The van der Waals surface area contributed by atoms with Crippen molar-refractivity contribution in [2.75, 3.05) is 20.2 Å². The number of hydrogen-bond acceptors (Lipinski definition) is 3. The summed E-state index contributed by atoms with van der Waals surface area (Å²) in [5.41, 5.74) is 2.93. The summed E-state index contributed by atoms with van der Waals surface area (Å²) in [6.07, 6.45) is 2.49. The van der Waals surface area contributed by atoms with E-state index in [1.165, 1.54) is 11.1 Å². The molecule has 1 heterocycles. The molecule has 1 atom stereocenters. The maximum absolute atomic E-state index is 6.80. The molecule has 1 aliphatic rings. The van der Waals surface area contributed by atoms with E-state index in [4.69, 9.17) is 9.16 Å². The minimum atomic E-state index is -1.18. The van der Waals surface area contributed by atoms with Crippen LogP contribution >= 0.6 is 0 Å². The van der Waals surface area contributed by atoms with Crippen molar-refractivity contribution < 1.29 is 9.16 Å². The molecule has 4 heteroatoms. The van der Waals surface area contributed by atoms with Gasteiger partial charge in [-0.15, -0.1) is 0 Å². The molecule has 3 nitrogen and oxygen atoms in total. The van der Waals surface area contributed by atoms with Gasteiger partial charge in [-0.25, -0.2) is 0 Å². The highest BCUT2D eigenvalue weighted by molar-refractivity contribution is 6.48. The van der Waals surface area contributed by atoms with Gasteiger partial charge in [0.25, 0.3) is 0 Å². The second kappa shape index (κ2) is 9.67. The van der Waals surface area contributed by atoms with E-state index in [0.717, 1.165) is 38.2 Å². The van der Waals surface area contributed by atoms with Gasteiger partial charge in [-0.2, -0.15) is 0 Å². The van der Waals surface area contributed by atoms with Gasteiger partial charge in [0.15, 0.2) is 9.04 Å². The van der Waals surface area contributed by atoms with Gasteiger partial charge in [0.2, 0.25) is 0 Å². The molecular weight excluding hydrogens is 386 g/mol. The molecule has 1 unspecified atom stereocenters. The molecule has 0 saturated carbocycles. The Labute approximate surface area is 185 Å². The van der Waals surface area contributed by atoms with Crippen LogP contribution in [0.25, 0.3) is 0 Å². The molecule has 0 aliphatic carbocycles. The molecule has 0 aromatic heterocycles. The van der Waals surface area contributed by atoms with Crippen molar-refractivity contribution in [3.05, 3.63) is 65.7 Å². The molecule has 0 radical (unpaired) electrons. The van der Waals surface area contributed by atoms with Gasteiger partial charge in [0, 0.05) is 12.0 Å². The smallest absolute Gasteiger partial charge is 0.171 e. The molecule has 164 valence electrons. The van der Waals surface area contributed by atoms with Crippen LogP contribution in [-0.2, 0) is 16.4 Å². The van der Waals surface area contributed by atoms with Crippen LogP contribution in [-0.4, -0.2) is 40.2 Å². The monoisotopic (exact) mass is 425 g/mol. The summed E-state index contributed by atoms with van der Waals surface area (Å²) in [5, 5.41) is 0. The van der Waals surface area contributed by atoms with E-state index >= 15 is 0 Å². The van der Waals surface area contributed by atoms with Gasteiger partial charge in [-0.05, 0) is 67.7 Å². The highest BCUT2D eigenvalue weighted by Gasteiger charge is 2.48. The van der Waals surface area contributed by atoms with Crippen molar-refractivity contribution in [3.8, 4) is 5.75 Å². The SMILES string of the molecule is COc1cccc(CN2CCC(c3ccccc3)(C(O[SiH](C)C)C(C)(C)C)CC2)c1. The third-order valence-corrected chi connectivity index (χ3v) is 7.15. The zero-order chi connectivity index (χ0) is 21.8. The van der Waals surface area contributed by atoms with E-state index in [1.54, 1.807) is 7.11 Å². The van der Waals surface area contributed by atoms with E-state index < -0.39 is 9.04 Å². The Kier molecular flexibility index (Phi) is 7.43. The molecule has 2 aromatic rings. The largest absolute Gasteiger partial charge is 0.497 e. The minimum absolute atomic E-state index is 0.0711. The third kappa shape index (κ3) is 5.34. The van der Waals surface area contributed by atoms with Crippen LogP contribution in [0.1, 0.15) is 44.7 Å². The van der Waals surface area contributed by atoms with E-state index in [-0.39, 0.29) is 16.9 Å². The molecule has 30 heavy (non-hydrogen) atoms. The summed E-state index contributed by atoms with van der Waals surface area (Å²) in [4.78, 5) is 2.59. The van der Waals surface area contributed by atoms with Crippen LogP contribution in [0.4, 0.5) is 0 Å². The number of rotatable bonds is 7. The average Bonchev–Trinajstić information content (AvgIpc) is 2.73.